The molecule has 0 fully saturated rings. The first-order chi connectivity index (χ1) is 7.20. The van der Waals surface area contributed by atoms with Crippen LogP contribution in [0.25, 0.3) is 0 Å². The molecule has 0 saturated heterocycles. The second-order valence-corrected chi connectivity index (χ2v) is 3.20. The molecule has 0 saturated carbocycles. The molecule has 0 spiro atoms. The molecule has 2 N–H and O–H groups in total. The van der Waals surface area contributed by atoms with E-state index in [4.69, 9.17) is 32.1 Å². The molecule has 80 valence electrons. The van der Waals surface area contributed by atoms with Crippen molar-refractivity contribution < 1.29 is 9.47 Å². The van der Waals surface area contributed by atoms with Crippen molar-refractivity contribution in [1.82, 2.24) is 0 Å². The van der Waals surface area contributed by atoms with Gasteiger partial charge in [0.25, 0.3) is 0 Å². The van der Waals surface area contributed by atoms with Gasteiger partial charge in [0.2, 0.25) is 0 Å². The van der Waals surface area contributed by atoms with Gasteiger partial charge >= 0.3 is 0 Å². The third-order valence-electron chi connectivity index (χ3n) is 1.80. The average Bonchev–Trinajstić information content (AvgIpc) is 2.23. The van der Waals surface area contributed by atoms with Gasteiger partial charge in [0.15, 0.2) is 5.75 Å². The highest BCUT2D eigenvalue weighted by Crippen LogP contribution is 2.33. The molecule has 0 bridgehead atoms. The minimum atomic E-state index is 0.265. The predicted molar refractivity (Wildman–Crippen MR) is 58.0 cm³/mol. The van der Waals surface area contributed by atoms with Crippen molar-refractivity contribution in [3.05, 3.63) is 22.7 Å². The second-order valence-electron chi connectivity index (χ2n) is 2.79. The van der Waals surface area contributed by atoms with Gasteiger partial charge < -0.3 is 15.2 Å². The van der Waals surface area contributed by atoms with Crippen LogP contribution in [0.4, 0.5) is 5.69 Å². The van der Waals surface area contributed by atoms with Crippen molar-refractivity contribution in [2.45, 2.75) is 0 Å². The summed E-state index contributed by atoms with van der Waals surface area (Å²) in [5.41, 5.74) is 6.32. The molecule has 0 radical (unpaired) electrons. The Kier molecular flexibility index (Phi) is 4.22. The van der Waals surface area contributed by atoms with Crippen LogP contribution >= 0.6 is 11.6 Å². The van der Waals surface area contributed by atoms with Gasteiger partial charge in [-0.15, -0.1) is 0 Å². The van der Waals surface area contributed by atoms with Crippen molar-refractivity contribution in [3.63, 3.8) is 0 Å². The molecule has 0 aromatic heterocycles. The molecule has 1 rings (SSSR count). The number of rotatable bonds is 4. The highest BCUT2D eigenvalue weighted by Gasteiger charge is 2.10. The topological polar surface area (TPSA) is 68.3 Å². The number of ether oxygens (including phenoxy) is 2. The molecular formula is C10H11ClN2O2. The number of hydrogen-bond acceptors (Lipinski definition) is 4. The van der Waals surface area contributed by atoms with Crippen LogP contribution in [0.1, 0.15) is 5.56 Å². The first-order valence-electron chi connectivity index (χ1n) is 4.30. The maximum absolute atomic E-state index is 8.75. The van der Waals surface area contributed by atoms with Crippen LogP contribution < -0.4 is 10.5 Å². The molecular weight excluding hydrogens is 216 g/mol. The van der Waals surface area contributed by atoms with Crippen LogP contribution in [-0.2, 0) is 4.74 Å². The van der Waals surface area contributed by atoms with Crippen LogP contribution in [0.5, 0.6) is 5.75 Å². The second kappa shape index (κ2) is 5.44. The van der Waals surface area contributed by atoms with Gasteiger partial charge in [-0.3, -0.25) is 0 Å². The fourth-order valence-electron chi connectivity index (χ4n) is 1.04. The summed E-state index contributed by atoms with van der Waals surface area (Å²) in [6.45, 7) is 0.780. The summed E-state index contributed by atoms with van der Waals surface area (Å²) in [6.07, 6.45) is 0. The molecule has 0 atom stereocenters. The Labute approximate surface area is 93.2 Å². The van der Waals surface area contributed by atoms with E-state index in [9.17, 15) is 0 Å². The zero-order valence-corrected chi connectivity index (χ0v) is 9.04. The zero-order valence-electron chi connectivity index (χ0n) is 8.29. The van der Waals surface area contributed by atoms with E-state index >= 15 is 0 Å². The van der Waals surface area contributed by atoms with Crippen molar-refractivity contribution in [3.8, 4) is 11.8 Å². The molecule has 1 aromatic carbocycles. The summed E-state index contributed by atoms with van der Waals surface area (Å²) in [5, 5.41) is 9.14. The van der Waals surface area contributed by atoms with E-state index in [0.717, 1.165) is 0 Å². The highest BCUT2D eigenvalue weighted by atomic mass is 35.5. The van der Waals surface area contributed by atoms with Crippen molar-refractivity contribution >= 4 is 17.3 Å². The first-order valence-corrected chi connectivity index (χ1v) is 4.68. The van der Waals surface area contributed by atoms with Gasteiger partial charge in [0.05, 0.1) is 22.9 Å². The van der Waals surface area contributed by atoms with Crippen LogP contribution in [-0.4, -0.2) is 20.3 Å². The van der Waals surface area contributed by atoms with Crippen LogP contribution in [0.3, 0.4) is 0 Å². The van der Waals surface area contributed by atoms with Gasteiger partial charge in [-0.25, -0.2) is 0 Å². The predicted octanol–water partition coefficient (Wildman–Crippen LogP) is 1.82. The van der Waals surface area contributed by atoms with Crippen LogP contribution in [0, 0.1) is 11.3 Å². The monoisotopic (exact) mass is 226 g/mol. The number of nitriles is 1. The van der Waals surface area contributed by atoms with Crippen LogP contribution in [0.2, 0.25) is 5.02 Å². The number of nitrogens with two attached hydrogens (primary N) is 1. The Balaban J connectivity index is 2.90. The Hall–Kier alpha value is -1.44. The van der Waals surface area contributed by atoms with Gasteiger partial charge in [-0.2, -0.15) is 5.26 Å². The van der Waals surface area contributed by atoms with Gasteiger partial charge in [0.1, 0.15) is 12.7 Å². The van der Waals surface area contributed by atoms with E-state index in [0.29, 0.717) is 29.5 Å². The number of benzene rings is 1. The lowest BCUT2D eigenvalue weighted by atomic mass is 10.2. The smallest absolute Gasteiger partial charge is 0.162 e. The molecule has 0 heterocycles. The average molecular weight is 227 g/mol. The molecule has 0 aliphatic heterocycles. The molecule has 0 aliphatic carbocycles. The molecule has 5 heteroatoms. The summed E-state index contributed by atoms with van der Waals surface area (Å²) >= 11 is 5.88. The van der Waals surface area contributed by atoms with E-state index in [1.54, 1.807) is 19.2 Å². The number of nitrogens with zero attached hydrogens (tertiary/aromatic N) is 1. The Bertz CT molecular complexity index is 388. The normalized spacial score (nSPS) is 9.67. The summed E-state index contributed by atoms with van der Waals surface area (Å²) in [4.78, 5) is 0. The van der Waals surface area contributed by atoms with E-state index < -0.39 is 0 Å². The van der Waals surface area contributed by atoms with E-state index in [1.165, 1.54) is 0 Å². The largest absolute Gasteiger partial charge is 0.487 e. The Morgan fingerprint density at radius 1 is 1.47 bits per heavy atom. The highest BCUT2D eigenvalue weighted by molar-refractivity contribution is 6.32. The number of methoxy groups -OCH3 is 1. The molecule has 0 amide bonds. The van der Waals surface area contributed by atoms with E-state index in [-0.39, 0.29) is 5.69 Å². The van der Waals surface area contributed by atoms with Gasteiger partial charge in [0, 0.05) is 7.11 Å². The zero-order chi connectivity index (χ0) is 11.3. The third kappa shape index (κ3) is 2.75. The first kappa shape index (κ1) is 11.6. The summed E-state index contributed by atoms with van der Waals surface area (Å²) < 4.78 is 10.1. The van der Waals surface area contributed by atoms with E-state index in [2.05, 4.69) is 0 Å². The van der Waals surface area contributed by atoms with Crippen molar-refractivity contribution in [1.29, 1.82) is 5.26 Å². The molecule has 1 aromatic rings. The quantitative estimate of drug-likeness (QED) is 0.628. The van der Waals surface area contributed by atoms with Gasteiger partial charge in [-0.1, -0.05) is 11.6 Å². The minimum absolute atomic E-state index is 0.265. The SMILES string of the molecule is COCCOc1c(Cl)ccc(C#N)c1N. The maximum atomic E-state index is 8.75. The maximum Gasteiger partial charge on any atom is 0.162 e. The Morgan fingerprint density at radius 2 is 2.20 bits per heavy atom. The number of anilines is 1. The number of halogens is 1. The summed E-state index contributed by atoms with van der Waals surface area (Å²) in [5.74, 6) is 0.341. The summed E-state index contributed by atoms with van der Waals surface area (Å²) in [7, 11) is 1.57. The lowest BCUT2D eigenvalue weighted by molar-refractivity contribution is 0.147. The lowest BCUT2D eigenvalue weighted by Gasteiger charge is -2.10. The van der Waals surface area contributed by atoms with Gasteiger partial charge in [-0.05, 0) is 12.1 Å². The molecule has 4 nitrogen and oxygen atoms in total. The van der Waals surface area contributed by atoms with Crippen molar-refractivity contribution in [2.75, 3.05) is 26.1 Å². The number of nitrogen functional groups attached to an aromatic ring is 1. The summed E-state index contributed by atoms with van der Waals surface area (Å²) in [6, 6.07) is 5.10. The number of hydrogen-bond donors (Lipinski definition) is 1. The fourth-order valence-corrected chi connectivity index (χ4v) is 1.26. The minimum Gasteiger partial charge on any atom is -0.487 e. The van der Waals surface area contributed by atoms with Crippen molar-refractivity contribution in [2.24, 2.45) is 0 Å². The molecule has 0 unspecified atom stereocenters. The standard InChI is InChI=1S/C10H11ClN2O2/c1-14-4-5-15-10-8(11)3-2-7(6-12)9(10)13/h2-3H,4-5,13H2,1H3. The van der Waals surface area contributed by atoms with Crippen LogP contribution in [0.15, 0.2) is 12.1 Å². The lowest BCUT2D eigenvalue weighted by Crippen LogP contribution is -2.07. The molecule has 15 heavy (non-hydrogen) atoms. The molecule has 0 aliphatic rings. The Morgan fingerprint density at radius 3 is 2.80 bits per heavy atom. The third-order valence-corrected chi connectivity index (χ3v) is 2.10. The fraction of sp³-hybridized carbons (Fsp3) is 0.300. The van der Waals surface area contributed by atoms with E-state index in [1.807, 2.05) is 6.07 Å².